The third kappa shape index (κ3) is 10.4. The average molecular weight is 228 g/mol. The average Bonchev–Trinajstić information content (AvgIpc) is 2.16. The first kappa shape index (κ1) is 15.9. The van der Waals surface area contributed by atoms with Gasteiger partial charge in [0.25, 0.3) is 0 Å². The maximum absolute atomic E-state index is 5.63. The molecule has 98 valence electrons. The molecule has 16 heavy (non-hydrogen) atoms. The zero-order valence-corrected chi connectivity index (χ0v) is 11.8. The summed E-state index contributed by atoms with van der Waals surface area (Å²) in [5, 5.41) is 3.53. The van der Waals surface area contributed by atoms with Crippen molar-refractivity contribution in [2.45, 2.75) is 59.8 Å². The lowest BCUT2D eigenvalue weighted by Gasteiger charge is -2.19. The van der Waals surface area contributed by atoms with Crippen molar-refractivity contribution in [3.63, 3.8) is 0 Å². The Kier molecular flexibility index (Phi) is 8.96. The zero-order chi connectivity index (χ0) is 12.4. The van der Waals surface area contributed by atoms with E-state index in [2.05, 4.69) is 33.0 Å². The third-order valence-corrected chi connectivity index (χ3v) is 2.89. The van der Waals surface area contributed by atoms with E-state index < -0.39 is 0 Å². The van der Waals surface area contributed by atoms with Crippen LogP contribution in [0.3, 0.4) is 0 Å². The van der Waals surface area contributed by atoms with Crippen LogP contribution >= 0.6 is 0 Å². The molecule has 0 fully saturated rings. The summed E-state index contributed by atoms with van der Waals surface area (Å²) < 4.78 is 0. The van der Waals surface area contributed by atoms with Gasteiger partial charge in [-0.05, 0) is 50.2 Å². The minimum Gasteiger partial charge on any atom is -0.330 e. The highest BCUT2D eigenvalue weighted by Gasteiger charge is 2.09. The van der Waals surface area contributed by atoms with Crippen LogP contribution in [0.2, 0.25) is 0 Å². The molecule has 0 saturated carbocycles. The van der Waals surface area contributed by atoms with E-state index in [-0.39, 0.29) is 0 Å². The van der Waals surface area contributed by atoms with Gasteiger partial charge in [-0.1, -0.05) is 40.5 Å². The Morgan fingerprint density at radius 1 is 1.12 bits per heavy atom. The van der Waals surface area contributed by atoms with Gasteiger partial charge in [-0.15, -0.1) is 0 Å². The third-order valence-electron chi connectivity index (χ3n) is 2.89. The molecule has 0 saturated heterocycles. The van der Waals surface area contributed by atoms with Crippen molar-refractivity contribution in [1.82, 2.24) is 5.32 Å². The molecule has 1 atom stereocenters. The first-order valence-electron chi connectivity index (χ1n) is 6.90. The molecule has 3 N–H and O–H groups in total. The molecule has 0 radical (unpaired) electrons. The van der Waals surface area contributed by atoms with Crippen LogP contribution in [0.25, 0.3) is 0 Å². The normalized spacial score (nSPS) is 14.1. The summed E-state index contributed by atoms with van der Waals surface area (Å²) >= 11 is 0. The van der Waals surface area contributed by atoms with Crippen molar-refractivity contribution in [3.05, 3.63) is 0 Å². The van der Waals surface area contributed by atoms with Crippen molar-refractivity contribution in [1.29, 1.82) is 0 Å². The SMILES string of the molecule is CCCC(CCN)CCCNCC(C)(C)C. The van der Waals surface area contributed by atoms with Gasteiger partial charge >= 0.3 is 0 Å². The predicted molar refractivity (Wildman–Crippen MR) is 73.6 cm³/mol. The Morgan fingerprint density at radius 2 is 1.81 bits per heavy atom. The van der Waals surface area contributed by atoms with E-state index in [0.29, 0.717) is 5.41 Å². The minimum atomic E-state index is 0.403. The molecule has 0 spiro atoms. The second-order valence-corrected chi connectivity index (χ2v) is 6.11. The molecule has 0 aromatic heterocycles. The number of hydrogen-bond donors (Lipinski definition) is 2. The smallest absolute Gasteiger partial charge is 0.0000126 e. The van der Waals surface area contributed by atoms with Gasteiger partial charge in [0.1, 0.15) is 0 Å². The lowest BCUT2D eigenvalue weighted by atomic mass is 9.94. The molecular weight excluding hydrogens is 196 g/mol. The van der Waals surface area contributed by atoms with Crippen LogP contribution in [-0.2, 0) is 0 Å². The Balaban J connectivity index is 3.46. The van der Waals surface area contributed by atoms with Crippen molar-refractivity contribution in [3.8, 4) is 0 Å². The summed E-state index contributed by atoms with van der Waals surface area (Å²) in [4.78, 5) is 0. The van der Waals surface area contributed by atoms with Crippen LogP contribution in [-0.4, -0.2) is 19.6 Å². The fourth-order valence-corrected chi connectivity index (χ4v) is 2.06. The fraction of sp³-hybridized carbons (Fsp3) is 1.00. The molecule has 0 amide bonds. The van der Waals surface area contributed by atoms with Crippen LogP contribution in [0.4, 0.5) is 0 Å². The second kappa shape index (κ2) is 9.00. The summed E-state index contributed by atoms with van der Waals surface area (Å²) in [5.74, 6) is 0.853. The predicted octanol–water partition coefficient (Wildman–Crippen LogP) is 3.17. The van der Waals surface area contributed by atoms with Gasteiger partial charge < -0.3 is 11.1 Å². The lowest BCUT2D eigenvalue weighted by Crippen LogP contribution is -2.27. The van der Waals surface area contributed by atoms with Gasteiger partial charge in [-0.25, -0.2) is 0 Å². The number of rotatable bonds is 9. The maximum atomic E-state index is 5.63. The molecule has 2 nitrogen and oxygen atoms in total. The Bertz CT molecular complexity index is 143. The number of nitrogens with two attached hydrogens (primary N) is 1. The van der Waals surface area contributed by atoms with E-state index in [1.807, 2.05) is 0 Å². The van der Waals surface area contributed by atoms with Crippen LogP contribution < -0.4 is 11.1 Å². The van der Waals surface area contributed by atoms with Gasteiger partial charge in [0.15, 0.2) is 0 Å². The molecule has 1 unspecified atom stereocenters. The van der Waals surface area contributed by atoms with Gasteiger partial charge in [0.2, 0.25) is 0 Å². The topological polar surface area (TPSA) is 38.0 Å². The molecule has 0 aliphatic rings. The minimum absolute atomic E-state index is 0.403. The molecule has 0 aliphatic carbocycles. The molecule has 0 heterocycles. The molecule has 0 bridgehead atoms. The van der Waals surface area contributed by atoms with E-state index in [1.165, 1.54) is 32.1 Å². The monoisotopic (exact) mass is 228 g/mol. The standard InChI is InChI=1S/C14H32N2/c1-5-7-13(9-10-15)8-6-11-16-12-14(2,3)4/h13,16H,5-12,15H2,1-4H3. The van der Waals surface area contributed by atoms with Crippen molar-refractivity contribution < 1.29 is 0 Å². The first-order valence-corrected chi connectivity index (χ1v) is 6.90. The van der Waals surface area contributed by atoms with E-state index in [1.54, 1.807) is 0 Å². The van der Waals surface area contributed by atoms with Crippen molar-refractivity contribution in [2.24, 2.45) is 17.1 Å². The highest BCUT2D eigenvalue weighted by Crippen LogP contribution is 2.16. The van der Waals surface area contributed by atoms with Crippen LogP contribution in [0, 0.1) is 11.3 Å². The molecule has 0 aromatic carbocycles. The van der Waals surface area contributed by atoms with Gasteiger partial charge in [0.05, 0.1) is 0 Å². The van der Waals surface area contributed by atoms with Crippen LogP contribution in [0.5, 0.6) is 0 Å². The van der Waals surface area contributed by atoms with Crippen LogP contribution in [0.1, 0.15) is 59.8 Å². The number of nitrogens with one attached hydrogen (secondary N) is 1. The molecule has 2 heteroatoms. The number of hydrogen-bond acceptors (Lipinski definition) is 2. The highest BCUT2D eigenvalue weighted by molar-refractivity contribution is 4.66. The summed E-state index contributed by atoms with van der Waals surface area (Å²) in [5.41, 5.74) is 6.03. The van der Waals surface area contributed by atoms with Gasteiger partial charge in [-0.2, -0.15) is 0 Å². The van der Waals surface area contributed by atoms with E-state index in [4.69, 9.17) is 5.73 Å². The Hall–Kier alpha value is -0.0800. The quantitative estimate of drug-likeness (QED) is 0.595. The second-order valence-electron chi connectivity index (χ2n) is 6.11. The fourth-order valence-electron chi connectivity index (χ4n) is 2.06. The van der Waals surface area contributed by atoms with Crippen LogP contribution in [0.15, 0.2) is 0 Å². The largest absolute Gasteiger partial charge is 0.330 e. The molecular formula is C14H32N2. The van der Waals surface area contributed by atoms with Crippen molar-refractivity contribution in [2.75, 3.05) is 19.6 Å². The van der Waals surface area contributed by atoms with E-state index >= 15 is 0 Å². The summed E-state index contributed by atoms with van der Waals surface area (Å²) in [6.45, 7) is 12.2. The summed E-state index contributed by atoms with van der Waals surface area (Å²) in [6.07, 6.45) is 6.46. The van der Waals surface area contributed by atoms with E-state index in [0.717, 1.165) is 25.6 Å². The Labute approximate surface area is 102 Å². The van der Waals surface area contributed by atoms with Crippen molar-refractivity contribution >= 4 is 0 Å². The zero-order valence-electron chi connectivity index (χ0n) is 11.8. The first-order chi connectivity index (χ1) is 7.49. The maximum Gasteiger partial charge on any atom is -0.0000126 e. The molecule has 0 rings (SSSR count). The summed E-state index contributed by atoms with van der Waals surface area (Å²) in [7, 11) is 0. The lowest BCUT2D eigenvalue weighted by molar-refractivity contribution is 0.362. The highest BCUT2D eigenvalue weighted by atomic mass is 14.9. The van der Waals surface area contributed by atoms with Gasteiger partial charge in [0, 0.05) is 0 Å². The Morgan fingerprint density at radius 3 is 2.31 bits per heavy atom. The van der Waals surface area contributed by atoms with E-state index in [9.17, 15) is 0 Å². The molecule has 0 aliphatic heterocycles. The summed E-state index contributed by atoms with van der Waals surface area (Å²) in [6, 6.07) is 0. The van der Waals surface area contributed by atoms with Gasteiger partial charge in [-0.3, -0.25) is 0 Å². The molecule has 0 aromatic rings.